The zero-order chi connectivity index (χ0) is 13.7. The Morgan fingerprint density at radius 2 is 2.05 bits per heavy atom. The molecule has 6 heteroatoms. The molecule has 1 aromatic heterocycles. The minimum Gasteiger partial charge on any atom is -0.509 e. The first-order valence-electron chi connectivity index (χ1n) is 5.99. The SMILES string of the molecule is Cn1c(C2=C(O)CN(N)C2=N)[n+](C)c2ccccc21. The predicted octanol–water partition coefficient (Wildman–Crippen LogP) is 0.438. The fourth-order valence-electron chi connectivity index (χ4n) is 2.65. The van der Waals surface area contributed by atoms with Crippen molar-refractivity contribution < 1.29 is 9.67 Å². The molecule has 1 aliphatic heterocycles. The number of nitrogens with zero attached hydrogens (tertiary/aromatic N) is 3. The Morgan fingerprint density at radius 3 is 2.63 bits per heavy atom. The summed E-state index contributed by atoms with van der Waals surface area (Å²) in [5, 5.41) is 19.3. The maximum absolute atomic E-state index is 10.0. The zero-order valence-electron chi connectivity index (χ0n) is 10.9. The van der Waals surface area contributed by atoms with Gasteiger partial charge in [-0.05, 0) is 12.1 Å². The van der Waals surface area contributed by atoms with Gasteiger partial charge >= 0.3 is 0 Å². The highest BCUT2D eigenvalue weighted by molar-refractivity contribution is 6.22. The standard InChI is InChI=1S/C13H15N5O/c1-16-8-5-3-4-6-9(8)17(2)13(16)11-10(19)7-18(15)12(11)14/h3-6,14H,7,15H2,1-2H3/p+1. The maximum Gasteiger partial charge on any atom is 0.296 e. The second-order valence-corrected chi connectivity index (χ2v) is 4.73. The fourth-order valence-corrected chi connectivity index (χ4v) is 2.65. The third-order valence-electron chi connectivity index (χ3n) is 3.60. The number of nitrogens with one attached hydrogen (secondary N) is 1. The average Bonchev–Trinajstić information content (AvgIpc) is 2.78. The normalized spacial score (nSPS) is 15.9. The van der Waals surface area contributed by atoms with E-state index in [1.54, 1.807) is 0 Å². The third-order valence-corrected chi connectivity index (χ3v) is 3.60. The number of benzene rings is 1. The van der Waals surface area contributed by atoms with Gasteiger partial charge in [0.1, 0.15) is 11.3 Å². The molecule has 6 nitrogen and oxygen atoms in total. The molecule has 0 atom stereocenters. The van der Waals surface area contributed by atoms with E-state index in [9.17, 15) is 5.11 Å². The molecule has 4 N–H and O–H groups in total. The molecule has 0 fully saturated rings. The summed E-state index contributed by atoms with van der Waals surface area (Å²) in [6, 6.07) is 7.95. The number of amidine groups is 1. The summed E-state index contributed by atoms with van der Waals surface area (Å²) in [7, 11) is 3.84. The van der Waals surface area contributed by atoms with Crippen LogP contribution in [0.1, 0.15) is 5.82 Å². The monoisotopic (exact) mass is 258 g/mol. The van der Waals surface area contributed by atoms with Crippen LogP contribution in [0.4, 0.5) is 0 Å². The van der Waals surface area contributed by atoms with Crippen molar-refractivity contribution in [3.05, 3.63) is 35.8 Å². The van der Waals surface area contributed by atoms with Gasteiger partial charge in [-0.3, -0.25) is 10.4 Å². The van der Waals surface area contributed by atoms with Crippen LogP contribution in [0.15, 0.2) is 30.0 Å². The second-order valence-electron chi connectivity index (χ2n) is 4.73. The molecule has 1 aromatic carbocycles. The molecule has 0 aliphatic carbocycles. The first-order chi connectivity index (χ1) is 9.02. The highest BCUT2D eigenvalue weighted by atomic mass is 16.3. The molecule has 0 spiro atoms. The number of hydrogen-bond donors (Lipinski definition) is 3. The number of fused-ring (bicyclic) bond motifs is 1. The minimum absolute atomic E-state index is 0.133. The molecule has 0 radical (unpaired) electrons. The van der Waals surface area contributed by atoms with Crippen LogP contribution in [-0.4, -0.2) is 27.1 Å². The van der Waals surface area contributed by atoms with Crippen LogP contribution in [0.2, 0.25) is 0 Å². The van der Waals surface area contributed by atoms with Gasteiger partial charge in [0, 0.05) is 0 Å². The number of nitrogens with two attached hydrogens (primary N) is 1. The molecule has 0 saturated carbocycles. The fraction of sp³-hybridized carbons (Fsp3) is 0.231. The van der Waals surface area contributed by atoms with E-state index in [0.717, 1.165) is 16.9 Å². The van der Waals surface area contributed by atoms with Gasteiger partial charge in [-0.15, -0.1) is 0 Å². The molecule has 98 valence electrons. The van der Waals surface area contributed by atoms with Crippen LogP contribution in [0, 0.1) is 5.41 Å². The van der Waals surface area contributed by atoms with Gasteiger partial charge in [0.2, 0.25) is 0 Å². The van der Waals surface area contributed by atoms with Gasteiger partial charge < -0.3 is 5.11 Å². The number of aliphatic hydroxyl groups excluding tert-OH is 1. The summed E-state index contributed by atoms with van der Waals surface area (Å²) >= 11 is 0. The topological polar surface area (TPSA) is 82.2 Å². The van der Waals surface area contributed by atoms with E-state index in [0.29, 0.717) is 5.57 Å². The molecule has 19 heavy (non-hydrogen) atoms. The molecule has 2 aromatic rings. The van der Waals surface area contributed by atoms with Crippen molar-refractivity contribution in [2.24, 2.45) is 19.9 Å². The third kappa shape index (κ3) is 1.47. The summed E-state index contributed by atoms with van der Waals surface area (Å²) in [4.78, 5) is 0. The molecular weight excluding hydrogens is 242 g/mol. The van der Waals surface area contributed by atoms with Gasteiger partial charge in [0.15, 0.2) is 16.9 Å². The smallest absolute Gasteiger partial charge is 0.296 e. The Kier molecular flexibility index (Phi) is 2.36. The van der Waals surface area contributed by atoms with Crippen LogP contribution in [0.25, 0.3) is 16.6 Å². The van der Waals surface area contributed by atoms with Gasteiger partial charge in [-0.25, -0.2) is 15.0 Å². The van der Waals surface area contributed by atoms with Crippen molar-refractivity contribution in [1.29, 1.82) is 5.41 Å². The molecule has 2 heterocycles. The van der Waals surface area contributed by atoms with Crippen molar-refractivity contribution in [3.63, 3.8) is 0 Å². The lowest BCUT2D eigenvalue weighted by Crippen LogP contribution is -2.37. The Hall–Kier alpha value is -2.34. The Bertz CT molecular complexity index is 689. The summed E-state index contributed by atoms with van der Waals surface area (Å²) < 4.78 is 3.93. The molecular formula is C13H16N5O+. The number of hydrazine groups is 1. The molecule has 0 unspecified atom stereocenters. The van der Waals surface area contributed by atoms with Crippen molar-refractivity contribution in [3.8, 4) is 0 Å². The lowest BCUT2D eigenvalue weighted by atomic mass is 10.2. The zero-order valence-corrected chi connectivity index (χ0v) is 10.9. The number of aryl methyl sites for hydroxylation is 2. The predicted molar refractivity (Wildman–Crippen MR) is 72.3 cm³/mol. The van der Waals surface area contributed by atoms with Gasteiger partial charge in [0.05, 0.1) is 20.6 Å². The van der Waals surface area contributed by atoms with E-state index >= 15 is 0 Å². The summed E-state index contributed by atoms with van der Waals surface area (Å²) in [5.74, 6) is 6.73. The molecule has 0 bridgehead atoms. The van der Waals surface area contributed by atoms with Crippen molar-refractivity contribution >= 4 is 22.4 Å². The van der Waals surface area contributed by atoms with Crippen LogP contribution in [0.3, 0.4) is 0 Å². The number of aliphatic hydroxyl groups is 1. The second kappa shape index (κ2) is 3.83. The quantitative estimate of drug-likeness (QED) is 0.512. The highest BCUT2D eigenvalue weighted by Crippen LogP contribution is 2.25. The lowest BCUT2D eigenvalue weighted by Gasteiger charge is -2.09. The Balaban J connectivity index is 2.33. The Labute approximate surface area is 110 Å². The molecule has 1 aliphatic rings. The average molecular weight is 258 g/mol. The van der Waals surface area contributed by atoms with Crippen LogP contribution in [-0.2, 0) is 14.1 Å². The molecule has 0 saturated heterocycles. The van der Waals surface area contributed by atoms with E-state index in [4.69, 9.17) is 11.3 Å². The van der Waals surface area contributed by atoms with Crippen molar-refractivity contribution in [2.75, 3.05) is 6.54 Å². The maximum atomic E-state index is 10.0. The van der Waals surface area contributed by atoms with E-state index in [1.165, 1.54) is 5.01 Å². The van der Waals surface area contributed by atoms with Gasteiger partial charge in [-0.1, -0.05) is 12.1 Å². The summed E-state index contributed by atoms with van der Waals surface area (Å²) in [6.45, 7) is 0.176. The summed E-state index contributed by atoms with van der Waals surface area (Å²) in [6.07, 6.45) is 0. The van der Waals surface area contributed by atoms with Crippen LogP contribution >= 0.6 is 0 Å². The van der Waals surface area contributed by atoms with E-state index in [2.05, 4.69) is 0 Å². The molecule has 0 amide bonds. The van der Waals surface area contributed by atoms with Crippen molar-refractivity contribution in [1.82, 2.24) is 9.58 Å². The first kappa shape index (κ1) is 11.7. The number of imidazole rings is 1. The highest BCUT2D eigenvalue weighted by Gasteiger charge is 2.35. The van der Waals surface area contributed by atoms with Crippen LogP contribution in [0.5, 0.6) is 0 Å². The van der Waals surface area contributed by atoms with E-state index in [-0.39, 0.29) is 18.1 Å². The Morgan fingerprint density at radius 1 is 1.37 bits per heavy atom. The first-order valence-corrected chi connectivity index (χ1v) is 5.99. The largest absolute Gasteiger partial charge is 0.509 e. The van der Waals surface area contributed by atoms with Gasteiger partial charge in [-0.2, -0.15) is 0 Å². The molecule has 3 rings (SSSR count). The van der Waals surface area contributed by atoms with Gasteiger partial charge in [0.25, 0.3) is 5.82 Å². The summed E-state index contributed by atoms with van der Waals surface area (Å²) in [5.41, 5.74) is 2.58. The number of aromatic nitrogens is 2. The number of para-hydroxylation sites is 2. The minimum atomic E-state index is 0.133. The van der Waals surface area contributed by atoms with E-state index < -0.39 is 0 Å². The van der Waals surface area contributed by atoms with E-state index in [1.807, 2.05) is 47.5 Å². The van der Waals surface area contributed by atoms with Crippen molar-refractivity contribution in [2.45, 2.75) is 0 Å². The lowest BCUT2D eigenvalue weighted by molar-refractivity contribution is -0.648. The van der Waals surface area contributed by atoms with Crippen LogP contribution < -0.4 is 10.4 Å². The number of hydrogen-bond acceptors (Lipinski definition) is 3. The number of rotatable bonds is 1.